The smallest absolute Gasteiger partial charge is 0.340 e. The summed E-state index contributed by atoms with van der Waals surface area (Å²) in [6.07, 6.45) is 0.963. The first kappa shape index (κ1) is 46.0. The van der Waals surface area contributed by atoms with Gasteiger partial charge in [-0.2, -0.15) is 0 Å². The van der Waals surface area contributed by atoms with Gasteiger partial charge < -0.3 is 48.5 Å². The van der Waals surface area contributed by atoms with Gasteiger partial charge in [0.05, 0.1) is 23.7 Å². The molecular formula is C47H57NO15. The highest BCUT2D eigenvalue weighted by molar-refractivity contribution is 5.89. The second-order valence-corrected chi connectivity index (χ2v) is 18.0. The molecular weight excluding hydrogens is 819 g/mol. The first-order chi connectivity index (χ1) is 29.8. The van der Waals surface area contributed by atoms with Crippen LogP contribution in [0.4, 0.5) is 0 Å². The number of fused-ring (bicyclic) bond motifs is 5. The van der Waals surface area contributed by atoms with Crippen LogP contribution in [0.25, 0.3) is 6.08 Å². The minimum Gasteiger partial charge on any atom is -0.458 e. The van der Waals surface area contributed by atoms with Gasteiger partial charge in [0.15, 0.2) is 24.6 Å². The van der Waals surface area contributed by atoms with Crippen LogP contribution in [0.1, 0.15) is 102 Å². The molecule has 0 bridgehead atoms. The number of nitrogens with zero attached hydrogens (tertiary/aromatic N) is 1. The maximum absolute atomic E-state index is 13.8. The highest BCUT2D eigenvalue weighted by Crippen LogP contribution is 2.71. The van der Waals surface area contributed by atoms with Gasteiger partial charge in [0.1, 0.15) is 29.0 Å². The topological polar surface area (TPSA) is 224 Å². The summed E-state index contributed by atoms with van der Waals surface area (Å²) in [4.78, 5) is 67.5. The zero-order valence-corrected chi connectivity index (χ0v) is 36.4. The Morgan fingerprint density at radius 3 is 2.24 bits per heavy atom. The lowest BCUT2D eigenvalue weighted by Gasteiger charge is -2.67. The molecule has 4 aliphatic carbocycles. The van der Waals surface area contributed by atoms with E-state index in [0.29, 0.717) is 19.3 Å². The standard InChI is InChI=1S/C47H57NO15/c1-27(58-41(53)32-13-10-22-48-25-32)45(54)20-21-47(56)44(45,6)37(63-38(52)15-14-31-11-8-7-9-12-31)24-36-43(5)18-17-34(23-33(43)16-19-46(36,47)55)62-42-40(61-30(4)51)39(60-29(3)50)35(26-57-42)59-28(2)49/h7-16,22,25,27,34-37,39-40,42,54-56H,17-21,23-24,26H2,1-6H3/b15-14+/t27-,34-,35+,36+,37+,39-,40+,42-,43-,44+,45+,46-,47+/m0/s1. The van der Waals surface area contributed by atoms with E-state index in [-0.39, 0.29) is 37.9 Å². The number of benzene rings is 1. The molecule has 1 aromatic heterocycles. The normalized spacial score (nSPS) is 37.5. The molecule has 16 nitrogen and oxygen atoms in total. The predicted octanol–water partition coefficient (Wildman–Crippen LogP) is 4.32. The maximum Gasteiger partial charge on any atom is 0.340 e. The van der Waals surface area contributed by atoms with Gasteiger partial charge in [-0.25, -0.2) is 9.59 Å². The van der Waals surface area contributed by atoms with Crippen LogP contribution in [0.5, 0.6) is 0 Å². The molecule has 0 radical (unpaired) electrons. The van der Waals surface area contributed by atoms with Crippen LogP contribution in [-0.4, -0.2) is 116 Å². The maximum atomic E-state index is 13.8. The van der Waals surface area contributed by atoms with Gasteiger partial charge in [-0.05, 0) is 81.1 Å². The number of aliphatic hydroxyl groups is 3. The zero-order valence-electron chi connectivity index (χ0n) is 36.4. The molecule has 2 aromatic rings. The summed E-state index contributed by atoms with van der Waals surface area (Å²) in [7, 11) is 0. The summed E-state index contributed by atoms with van der Waals surface area (Å²) in [5, 5.41) is 39.2. The highest BCUT2D eigenvalue weighted by Gasteiger charge is 2.81. The van der Waals surface area contributed by atoms with E-state index >= 15 is 0 Å². The van der Waals surface area contributed by atoms with Gasteiger partial charge in [0, 0.05) is 45.2 Å². The lowest BCUT2D eigenvalue weighted by molar-refractivity contribution is -0.327. The van der Waals surface area contributed by atoms with Gasteiger partial charge >= 0.3 is 29.8 Å². The summed E-state index contributed by atoms with van der Waals surface area (Å²) in [5.74, 6) is -4.20. The van der Waals surface area contributed by atoms with E-state index in [0.717, 1.165) is 11.1 Å². The van der Waals surface area contributed by atoms with Crippen molar-refractivity contribution in [2.45, 2.75) is 146 Å². The molecule has 4 fully saturated rings. The Morgan fingerprint density at radius 2 is 1.57 bits per heavy atom. The molecule has 0 unspecified atom stereocenters. The Hall–Kier alpha value is -5.00. The fraction of sp³-hybridized carbons (Fsp3) is 0.574. The number of pyridine rings is 1. The van der Waals surface area contributed by atoms with E-state index in [1.807, 2.05) is 43.3 Å². The van der Waals surface area contributed by atoms with Gasteiger partial charge in [0.2, 0.25) is 0 Å². The molecule has 0 spiro atoms. The fourth-order valence-electron chi connectivity index (χ4n) is 11.3. The second-order valence-electron chi connectivity index (χ2n) is 18.0. The molecule has 5 aliphatic rings. The van der Waals surface area contributed by atoms with Crippen LogP contribution in [0, 0.1) is 16.7 Å². The SMILES string of the molecule is CC(=O)O[C@@H]1[C@@H](OC(C)=O)[C@H](O[C@H]2CC[C@@]3(C)C(=CC[C@]4(O)[C@@H]3C[C@@H](OC(=O)/C=C/c3ccccc3)[C@@]3(C)[C@]4(O)CC[C@@]3(O)[C@H](C)OC(=O)c3cccnc3)C2)OC[C@H]1OC(C)=O. The van der Waals surface area contributed by atoms with E-state index in [9.17, 15) is 39.3 Å². The number of ether oxygens (including phenoxy) is 7. The van der Waals surface area contributed by atoms with E-state index in [1.54, 1.807) is 19.1 Å². The molecule has 16 heteroatoms. The van der Waals surface area contributed by atoms with Crippen molar-refractivity contribution in [2.24, 2.45) is 16.7 Å². The number of hydrogen-bond donors (Lipinski definition) is 3. The van der Waals surface area contributed by atoms with Crippen LogP contribution in [0.2, 0.25) is 0 Å². The number of esters is 5. The molecule has 3 N–H and O–H groups in total. The molecule has 63 heavy (non-hydrogen) atoms. The summed E-state index contributed by atoms with van der Waals surface area (Å²) in [6.45, 7) is 8.50. The lowest BCUT2D eigenvalue weighted by atomic mass is 9.42. The summed E-state index contributed by atoms with van der Waals surface area (Å²) in [6, 6.07) is 12.3. The molecule has 1 aromatic carbocycles. The van der Waals surface area contributed by atoms with Crippen molar-refractivity contribution in [1.82, 2.24) is 4.98 Å². The first-order valence-corrected chi connectivity index (χ1v) is 21.5. The average molecular weight is 876 g/mol. The Morgan fingerprint density at radius 1 is 0.873 bits per heavy atom. The van der Waals surface area contributed by atoms with E-state index < -0.39 is 106 Å². The molecule has 1 aliphatic heterocycles. The van der Waals surface area contributed by atoms with Crippen molar-refractivity contribution in [2.75, 3.05) is 6.61 Å². The summed E-state index contributed by atoms with van der Waals surface area (Å²) < 4.78 is 41.1. The average Bonchev–Trinajstić information content (AvgIpc) is 3.47. The number of aromatic nitrogens is 1. The monoisotopic (exact) mass is 875 g/mol. The Balaban J connectivity index is 1.19. The van der Waals surface area contributed by atoms with Crippen LogP contribution in [0.3, 0.4) is 0 Å². The minimum absolute atomic E-state index is 0.0233. The Bertz CT molecular complexity index is 2130. The first-order valence-electron chi connectivity index (χ1n) is 21.5. The molecule has 7 rings (SSSR count). The molecule has 340 valence electrons. The van der Waals surface area contributed by atoms with E-state index in [4.69, 9.17) is 33.2 Å². The number of carbonyl (C=O) groups excluding carboxylic acids is 5. The van der Waals surface area contributed by atoms with E-state index in [2.05, 4.69) is 4.98 Å². The van der Waals surface area contributed by atoms with Gasteiger partial charge in [-0.1, -0.05) is 55.8 Å². The molecule has 2 heterocycles. The number of rotatable bonds is 11. The largest absolute Gasteiger partial charge is 0.458 e. The van der Waals surface area contributed by atoms with Crippen LogP contribution in [-0.2, 0) is 52.3 Å². The Labute approximate surface area is 365 Å². The summed E-state index contributed by atoms with van der Waals surface area (Å²) >= 11 is 0. The highest BCUT2D eigenvalue weighted by atomic mass is 16.7. The van der Waals surface area contributed by atoms with Crippen LogP contribution < -0.4 is 0 Å². The fourth-order valence-corrected chi connectivity index (χ4v) is 11.3. The molecule has 13 atom stereocenters. The van der Waals surface area contributed by atoms with E-state index in [1.165, 1.54) is 52.2 Å². The van der Waals surface area contributed by atoms with Crippen LogP contribution >= 0.6 is 0 Å². The second kappa shape index (κ2) is 17.5. The summed E-state index contributed by atoms with van der Waals surface area (Å²) in [5.41, 5.74) is -6.60. The molecule has 1 saturated heterocycles. The van der Waals surface area contributed by atoms with Crippen molar-refractivity contribution in [3.05, 3.63) is 83.7 Å². The van der Waals surface area contributed by atoms with Crippen LogP contribution in [0.15, 0.2) is 72.6 Å². The van der Waals surface area contributed by atoms with Crippen molar-refractivity contribution in [1.29, 1.82) is 0 Å². The van der Waals surface area contributed by atoms with Crippen molar-refractivity contribution >= 4 is 35.9 Å². The van der Waals surface area contributed by atoms with Crippen molar-refractivity contribution in [3.8, 4) is 0 Å². The Kier molecular flexibility index (Phi) is 12.8. The predicted molar refractivity (Wildman–Crippen MR) is 221 cm³/mol. The van der Waals surface area contributed by atoms with Gasteiger partial charge in [0.25, 0.3) is 0 Å². The third kappa shape index (κ3) is 8.20. The van der Waals surface area contributed by atoms with Gasteiger partial charge in [-0.15, -0.1) is 0 Å². The zero-order chi connectivity index (χ0) is 45.5. The lowest BCUT2D eigenvalue weighted by Crippen LogP contribution is -2.78. The molecule has 0 amide bonds. The minimum atomic E-state index is -2.06. The van der Waals surface area contributed by atoms with Crippen molar-refractivity contribution < 1.29 is 72.5 Å². The number of hydrogen-bond acceptors (Lipinski definition) is 16. The third-order valence-corrected chi connectivity index (χ3v) is 14.6. The number of carbonyl (C=O) groups is 5. The van der Waals surface area contributed by atoms with Gasteiger partial charge in [-0.3, -0.25) is 19.4 Å². The third-order valence-electron chi connectivity index (χ3n) is 14.6. The van der Waals surface area contributed by atoms with Crippen molar-refractivity contribution in [3.63, 3.8) is 0 Å². The molecule has 3 saturated carbocycles. The quantitative estimate of drug-likeness (QED) is 0.124.